The van der Waals surface area contributed by atoms with Gasteiger partial charge in [-0.25, -0.2) is 0 Å². The molecular formula is C11H11BrO3. The van der Waals surface area contributed by atoms with Crippen LogP contribution in [0.25, 0.3) is 0 Å². The summed E-state index contributed by atoms with van der Waals surface area (Å²) in [5, 5.41) is 8.64. The van der Waals surface area contributed by atoms with Gasteiger partial charge in [0.2, 0.25) is 0 Å². The molecule has 0 aromatic heterocycles. The Morgan fingerprint density at radius 3 is 3.07 bits per heavy atom. The summed E-state index contributed by atoms with van der Waals surface area (Å²) in [7, 11) is 0. The van der Waals surface area contributed by atoms with Crippen LogP contribution in [0.15, 0.2) is 16.6 Å². The largest absolute Gasteiger partial charge is 0.493 e. The van der Waals surface area contributed by atoms with Crippen LogP contribution in [0.4, 0.5) is 0 Å². The molecule has 4 heteroatoms. The first-order chi connectivity index (χ1) is 7.16. The molecule has 0 radical (unpaired) electrons. The third-order valence-corrected chi connectivity index (χ3v) is 2.89. The summed E-state index contributed by atoms with van der Waals surface area (Å²) >= 11 is 3.42. The Balaban J connectivity index is 2.26. The monoisotopic (exact) mass is 270 g/mol. The second-order valence-corrected chi connectivity index (χ2v) is 4.46. The van der Waals surface area contributed by atoms with E-state index in [0.717, 1.165) is 22.2 Å². The van der Waals surface area contributed by atoms with Crippen molar-refractivity contribution >= 4 is 21.9 Å². The Labute approximate surface area is 96.2 Å². The van der Waals surface area contributed by atoms with Crippen LogP contribution in [0.2, 0.25) is 0 Å². The topological polar surface area (TPSA) is 46.5 Å². The fraction of sp³-hybridized carbons (Fsp3) is 0.364. The third kappa shape index (κ3) is 2.31. The Kier molecular flexibility index (Phi) is 2.95. The molecule has 80 valence electrons. The van der Waals surface area contributed by atoms with Crippen molar-refractivity contribution in [1.82, 2.24) is 0 Å². The molecule has 0 amide bonds. The summed E-state index contributed by atoms with van der Waals surface area (Å²) in [5.74, 6) is 0.112. The van der Waals surface area contributed by atoms with E-state index in [1.807, 2.05) is 12.1 Å². The summed E-state index contributed by atoms with van der Waals surface area (Å²) < 4.78 is 6.50. The SMILES string of the molecule is O=C(O)CCc1cc(Br)cc2c1OCC2. The van der Waals surface area contributed by atoms with Gasteiger partial charge in [0, 0.05) is 17.3 Å². The number of aryl methyl sites for hydroxylation is 1. The molecule has 0 atom stereocenters. The number of rotatable bonds is 3. The van der Waals surface area contributed by atoms with Crippen molar-refractivity contribution < 1.29 is 14.6 Å². The van der Waals surface area contributed by atoms with Crippen molar-refractivity contribution in [3.8, 4) is 5.75 Å². The molecule has 1 aliphatic rings. The molecule has 0 fully saturated rings. The Morgan fingerprint density at radius 2 is 2.33 bits per heavy atom. The molecule has 1 aromatic rings. The lowest BCUT2D eigenvalue weighted by atomic mass is 10.0. The van der Waals surface area contributed by atoms with E-state index in [1.54, 1.807) is 0 Å². The standard InChI is InChI=1S/C11H11BrO3/c12-9-5-7(1-2-10(13)14)11-8(6-9)3-4-15-11/h5-6H,1-4H2,(H,13,14). The highest BCUT2D eigenvalue weighted by Gasteiger charge is 2.17. The number of hydrogen-bond donors (Lipinski definition) is 1. The fourth-order valence-electron chi connectivity index (χ4n) is 1.77. The number of carboxylic acid groups (broad SMARTS) is 1. The maximum absolute atomic E-state index is 10.5. The quantitative estimate of drug-likeness (QED) is 0.918. The second-order valence-electron chi connectivity index (χ2n) is 3.55. The van der Waals surface area contributed by atoms with Gasteiger partial charge in [0.05, 0.1) is 6.61 Å². The number of aliphatic carboxylic acids is 1. The summed E-state index contributed by atoms with van der Waals surface area (Å²) in [6.45, 7) is 0.700. The van der Waals surface area contributed by atoms with Crippen LogP contribution in [-0.2, 0) is 17.6 Å². The average Bonchev–Trinajstić information content (AvgIpc) is 2.61. The summed E-state index contributed by atoms with van der Waals surface area (Å²) in [6.07, 6.45) is 1.58. The zero-order chi connectivity index (χ0) is 10.8. The van der Waals surface area contributed by atoms with Crippen LogP contribution in [-0.4, -0.2) is 17.7 Å². The maximum atomic E-state index is 10.5. The first-order valence-electron chi connectivity index (χ1n) is 4.82. The van der Waals surface area contributed by atoms with Gasteiger partial charge in [-0.1, -0.05) is 15.9 Å². The van der Waals surface area contributed by atoms with Crippen LogP contribution in [0.1, 0.15) is 17.5 Å². The van der Waals surface area contributed by atoms with Crippen LogP contribution >= 0.6 is 15.9 Å². The van der Waals surface area contributed by atoms with E-state index < -0.39 is 5.97 Å². The van der Waals surface area contributed by atoms with Gasteiger partial charge in [-0.2, -0.15) is 0 Å². The van der Waals surface area contributed by atoms with Gasteiger partial charge in [0.1, 0.15) is 5.75 Å². The lowest BCUT2D eigenvalue weighted by Crippen LogP contribution is -1.99. The van der Waals surface area contributed by atoms with Crippen LogP contribution in [0.5, 0.6) is 5.75 Å². The molecule has 15 heavy (non-hydrogen) atoms. The van der Waals surface area contributed by atoms with E-state index in [-0.39, 0.29) is 6.42 Å². The number of benzene rings is 1. The molecule has 2 rings (SSSR count). The normalized spacial score (nSPS) is 13.4. The highest BCUT2D eigenvalue weighted by Crippen LogP contribution is 2.33. The van der Waals surface area contributed by atoms with Crippen molar-refractivity contribution in [1.29, 1.82) is 0 Å². The van der Waals surface area contributed by atoms with Crippen molar-refractivity contribution in [3.63, 3.8) is 0 Å². The summed E-state index contributed by atoms with van der Waals surface area (Å²) in [5.41, 5.74) is 2.16. The van der Waals surface area contributed by atoms with E-state index >= 15 is 0 Å². The minimum absolute atomic E-state index is 0.145. The smallest absolute Gasteiger partial charge is 0.303 e. The molecule has 1 aliphatic heterocycles. The number of halogens is 1. The second kappa shape index (κ2) is 4.23. The van der Waals surface area contributed by atoms with Crippen LogP contribution < -0.4 is 4.74 Å². The van der Waals surface area contributed by atoms with Gasteiger partial charge in [0.25, 0.3) is 0 Å². The van der Waals surface area contributed by atoms with Crippen molar-refractivity contribution in [2.75, 3.05) is 6.61 Å². The van der Waals surface area contributed by atoms with Crippen molar-refractivity contribution in [3.05, 3.63) is 27.7 Å². The zero-order valence-corrected chi connectivity index (χ0v) is 9.71. The molecule has 0 aliphatic carbocycles. The molecule has 0 unspecified atom stereocenters. The fourth-order valence-corrected chi connectivity index (χ4v) is 2.33. The molecular weight excluding hydrogens is 260 g/mol. The lowest BCUT2D eigenvalue weighted by Gasteiger charge is -2.07. The first kappa shape index (κ1) is 10.5. The van der Waals surface area contributed by atoms with Crippen LogP contribution in [0.3, 0.4) is 0 Å². The average molecular weight is 271 g/mol. The molecule has 0 spiro atoms. The third-order valence-electron chi connectivity index (χ3n) is 2.43. The van der Waals surface area contributed by atoms with Gasteiger partial charge < -0.3 is 9.84 Å². The number of carbonyl (C=O) groups is 1. The van der Waals surface area contributed by atoms with Gasteiger partial charge in [0.15, 0.2) is 0 Å². The zero-order valence-electron chi connectivity index (χ0n) is 8.12. The highest BCUT2D eigenvalue weighted by molar-refractivity contribution is 9.10. The van der Waals surface area contributed by atoms with Gasteiger partial charge in [-0.05, 0) is 29.7 Å². The summed E-state index contributed by atoms with van der Waals surface area (Å²) in [6, 6.07) is 3.97. The maximum Gasteiger partial charge on any atom is 0.303 e. The number of fused-ring (bicyclic) bond motifs is 1. The Morgan fingerprint density at radius 1 is 1.53 bits per heavy atom. The minimum atomic E-state index is -0.776. The molecule has 1 aromatic carbocycles. The number of ether oxygens (including phenoxy) is 1. The summed E-state index contributed by atoms with van der Waals surface area (Å²) in [4.78, 5) is 10.5. The van der Waals surface area contributed by atoms with E-state index in [1.165, 1.54) is 5.56 Å². The van der Waals surface area contributed by atoms with E-state index in [4.69, 9.17) is 9.84 Å². The number of hydrogen-bond acceptors (Lipinski definition) is 2. The Hall–Kier alpha value is -1.03. The Bertz CT molecular complexity index is 401. The van der Waals surface area contributed by atoms with Gasteiger partial charge >= 0.3 is 5.97 Å². The van der Waals surface area contributed by atoms with E-state index in [2.05, 4.69) is 15.9 Å². The molecule has 0 saturated heterocycles. The van der Waals surface area contributed by atoms with Crippen LogP contribution in [0, 0.1) is 0 Å². The van der Waals surface area contributed by atoms with E-state index in [9.17, 15) is 4.79 Å². The van der Waals surface area contributed by atoms with Gasteiger partial charge in [-0.15, -0.1) is 0 Å². The predicted octanol–water partition coefficient (Wildman–Crippen LogP) is 2.40. The predicted molar refractivity (Wildman–Crippen MR) is 59.3 cm³/mol. The highest BCUT2D eigenvalue weighted by atomic mass is 79.9. The molecule has 1 heterocycles. The molecule has 1 N–H and O–H groups in total. The van der Waals surface area contributed by atoms with Crippen molar-refractivity contribution in [2.45, 2.75) is 19.3 Å². The van der Waals surface area contributed by atoms with E-state index in [0.29, 0.717) is 13.0 Å². The van der Waals surface area contributed by atoms with Crippen molar-refractivity contribution in [2.24, 2.45) is 0 Å². The molecule has 0 bridgehead atoms. The lowest BCUT2D eigenvalue weighted by molar-refractivity contribution is -0.136. The minimum Gasteiger partial charge on any atom is -0.493 e. The molecule has 0 saturated carbocycles. The van der Waals surface area contributed by atoms with Gasteiger partial charge in [-0.3, -0.25) is 4.79 Å². The number of carboxylic acids is 1. The first-order valence-corrected chi connectivity index (χ1v) is 5.62. The molecule has 3 nitrogen and oxygen atoms in total.